The molecule has 2 aromatic carbocycles. The SMILES string of the molecule is CCCc1ccc(C(=O)Nc2cccc(Oc3ccc(C(C)C)cc3)c2)c(C)n1. The van der Waals surface area contributed by atoms with Gasteiger partial charge in [-0.05, 0) is 61.2 Å². The number of rotatable bonds is 7. The number of nitrogens with zero attached hydrogens (tertiary/aromatic N) is 1. The normalized spacial score (nSPS) is 10.8. The van der Waals surface area contributed by atoms with E-state index in [4.69, 9.17) is 4.74 Å². The number of anilines is 1. The second-order valence-corrected chi connectivity index (χ2v) is 7.49. The molecule has 0 aliphatic heterocycles. The zero-order valence-electron chi connectivity index (χ0n) is 17.5. The van der Waals surface area contributed by atoms with Crippen LogP contribution in [0.25, 0.3) is 0 Å². The van der Waals surface area contributed by atoms with Crippen molar-refractivity contribution in [2.24, 2.45) is 0 Å². The van der Waals surface area contributed by atoms with E-state index in [1.54, 1.807) is 0 Å². The number of aromatic nitrogens is 1. The third-order valence-corrected chi connectivity index (χ3v) is 4.77. The van der Waals surface area contributed by atoms with E-state index in [-0.39, 0.29) is 5.91 Å². The maximum absolute atomic E-state index is 12.7. The first-order valence-corrected chi connectivity index (χ1v) is 10.1. The number of ether oxygens (including phenoxy) is 1. The number of amides is 1. The van der Waals surface area contributed by atoms with Crippen molar-refractivity contribution in [1.29, 1.82) is 0 Å². The molecule has 150 valence electrons. The highest BCUT2D eigenvalue weighted by Crippen LogP contribution is 2.26. The minimum absolute atomic E-state index is 0.170. The van der Waals surface area contributed by atoms with Gasteiger partial charge in [0.05, 0.1) is 11.3 Å². The number of benzene rings is 2. The predicted octanol–water partition coefficient (Wildman–Crippen LogP) is 6.51. The highest BCUT2D eigenvalue weighted by molar-refractivity contribution is 6.05. The first-order chi connectivity index (χ1) is 14.0. The van der Waals surface area contributed by atoms with Crippen LogP contribution in [-0.4, -0.2) is 10.9 Å². The maximum atomic E-state index is 12.7. The summed E-state index contributed by atoms with van der Waals surface area (Å²) >= 11 is 0. The van der Waals surface area contributed by atoms with Gasteiger partial charge in [-0.25, -0.2) is 0 Å². The smallest absolute Gasteiger partial charge is 0.257 e. The Morgan fingerprint density at radius 1 is 1.03 bits per heavy atom. The van der Waals surface area contributed by atoms with Gasteiger partial charge in [0.15, 0.2) is 0 Å². The van der Waals surface area contributed by atoms with E-state index in [0.717, 1.165) is 30.0 Å². The van der Waals surface area contributed by atoms with E-state index in [0.29, 0.717) is 22.9 Å². The molecule has 29 heavy (non-hydrogen) atoms. The number of pyridine rings is 1. The molecular weight excluding hydrogens is 360 g/mol. The Labute approximate surface area is 173 Å². The first kappa shape index (κ1) is 20.6. The second-order valence-electron chi connectivity index (χ2n) is 7.49. The van der Waals surface area contributed by atoms with Crippen LogP contribution in [0.2, 0.25) is 0 Å². The number of hydrogen-bond donors (Lipinski definition) is 1. The average Bonchev–Trinajstić information content (AvgIpc) is 2.69. The summed E-state index contributed by atoms with van der Waals surface area (Å²) in [5, 5.41) is 2.94. The molecule has 0 unspecified atom stereocenters. The number of nitrogens with one attached hydrogen (secondary N) is 1. The Bertz CT molecular complexity index is 978. The Morgan fingerprint density at radius 3 is 2.45 bits per heavy atom. The second kappa shape index (κ2) is 9.37. The molecule has 0 radical (unpaired) electrons. The summed E-state index contributed by atoms with van der Waals surface area (Å²) in [6.45, 7) is 8.31. The summed E-state index contributed by atoms with van der Waals surface area (Å²) in [7, 11) is 0. The van der Waals surface area contributed by atoms with Crippen LogP contribution in [0.1, 0.15) is 60.4 Å². The number of hydrogen-bond acceptors (Lipinski definition) is 3. The lowest BCUT2D eigenvalue weighted by molar-refractivity contribution is 0.102. The summed E-state index contributed by atoms with van der Waals surface area (Å²) in [5.41, 5.74) is 4.29. The lowest BCUT2D eigenvalue weighted by atomic mass is 10.0. The average molecular weight is 389 g/mol. The first-order valence-electron chi connectivity index (χ1n) is 10.1. The van der Waals surface area contributed by atoms with Crippen molar-refractivity contribution in [2.75, 3.05) is 5.32 Å². The van der Waals surface area contributed by atoms with Crippen LogP contribution in [-0.2, 0) is 6.42 Å². The summed E-state index contributed by atoms with van der Waals surface area (Å²) in [4.78, 5) is 17.2. The van der Waals surface area contributed by atoms with Crippen LogP contribution in [0, 0.1) is 6.92 Å². The molecule has 3 aromatic rings. The maximum Gasteiger partial charge on any atom is 0.257 e. The molecule has 0 spiro atoms. The van der Waals surface area contributed by atoms with E-state index in [1.165, 1.54) is 5.56 Å². The molecule has 0 saturated heterocycles. The highest BCUT2D eigenvalue weighted by atomic mass is 16.5. The summed E-state index contributed by atoms with van der Waals surface area (Å²) in [5.74, 6) is 1.76. The summed E-state index contributed by atoms with van der Waals surface area (Å²) in [6, 6.07) is 19.3. The molecule has 1 aromatic heterocycles. The monoisotopic (exact) mass is 388 g/mol. The van der Waals surface area contributed by atoms with E-state index in [1.807, 2.05) is 55.5 Å². The van der Waals surface area contributed by atoms with Crippen molar-refractivity contribution in [2.45, 2.75) is 46.5 Å². The zero-order valence-corrected chi connectivity index (χ0v) is 17.5. The number of aryl methyl sites for hydroxylation is 2. The Hall–Kier alpha value is -3.14. The van der Waals surface area contributed by atoms with Gasteiger partial charge in [0.1, 0.15) is 11.5 Å². The minimum Gasteiger partial charge on any atom is -0.457 e. The molecule has 0 aliphatic carbocycles. The highest BCUT2D eigenvalue weighted by Gasteiger charge is 2.11. The fourth-order valence-electron chi connectivity index (χ4n) is 3.14. The fraction of sp³-hybridized carbons (Fsp3) is 0.280. The standard InChI is InChI=1S/C25H28N2O2/c1-5-7-20-12-15-24(18(4)26-20)25(28)27-21-8-6-9-23(16-21)29-22-13-10-19(11-14-22)17(2)3/h6,8-17H,5,7H2,1-4H3,(H,27,28). The van der Waals surface area contributed by atoms with Gasteiger partial charge in [0, 0.05) is 17.4 Å². The van der Waals surface area contributed by atoms with Gasteiger partial charge in [0.25, 0.3) is 5.91 Å². The van der Waals surface area contributed by atoms with Gasteiger partial charge >= 0.3 is 0 Å². The Kier molecular flexibility index (Phi) is 6.65. The molecule has 0 atom stereocenters. The van der Waals surface area contributed by atoms with Crippen molar-refractivity contribution in [1.82, 2.24) is 4.98 Å². The van der Waals surface area contributed by atoms with Crippen LogP contribution in [0.5, 0.6) is 11.5 Å². The van der Waals surface area contributed by atoms with Gasteiger partial charge in [-0.2, -0.15) is 0 Å². The van der Waals surface area contributed by atoms with Gasteiger partial charge in [0.2, 0.25) is 0 Å². The number of carbonyl (C=O) groups is 1. The molecule has 0 aliphatic rings. The third kappa shape index (κ3) is 5.44. The van der Waals surface area contributed by atoms with Gasteiger partial charge in [-0.15, -0.1) is 0 Å². The zero-order chi connectivity index (χ0) is 20.8. The van der Waals surface area contributed by atoms with E-state index in [9.17, 15) is 4.79 Å². The quantitative estimate of drug-likeness (QED) is 0.502. The number of carbonyl (C=O) groups excluding carboxylic acids is 1. The van der Waals surface area contributed by atoms with Crippen molar-refractivity contribution in [3.63, 3.8) is 0 Å². The Balaban J connectivity index is 1.70. The Morgan fingerprint density at radius 2 is 1.79 bits per heavy atom. The van der Waals surface area contributed by atoms with E-state index >= 15 is 0 Å². The molecule has 0 saturated carbocycles. The van der Waals surface area contributed by atoms with E-state index in [2.05, 4.69) is 43.2 Å². The molecule has 1 amide bonds. The third-order valence-electron chi connectivity index (χ3n) is 4.77. The lowest BCUT2D eigenvalue weighted by Crippen LogP contribution is -2.14. The van der Waals surface area contributed by atoms with Crippen LogP contribution in [0.15, 0.2) is 60.7 Å². The predicted molar refractivity (Wildman–Crippen MR) is 118 cm³/mol. The summed E-state index contributed by atoms with van der Waals surface area (Å²) < 4.78 is 5.94. The van der Waals surface area contributed by atoms with Crippen LogP contribution >= 0.6 is 0 Å². The van der Waals surface area contributed by atoms with Crippen LogP contribution < -0.4 is 10.1 Å². The van der Waals surface area contributed by atoms with Crippen molar-refractivity contribution >= 4 is 11.6 Å². The van der Waals surface area contributed by atoms with Crippen molar-refractivity contribution in [3.8, 4) is 11.5 Å². The largest absolute Gasteiger partial charge is 0.457 e. The molecule has 1 N–H and O–H groups in total. The van der Waals surface area contributed by atoms with Gasteiger partial charge in [-0.1, -0.05) is 45.4 Å². The van der Waals surface area contributed by atoms with Crippen molar-refractivity contribution < 1.29 is 9.53 Å². The van der Waals surface area contributed by atoms with Gasteiger partial charge in [-0.3, -0.25) is 9.78 Å². The molecule has 0 bridgehead atoms. The summed E-state index contributed by atoms with van der Waals surface area (Å²) in [6.07, 6.45) is 1.95. The molecule has 0 fully saturated rings. The topological polar surface area (TPSA) is 51.2 Å². The molecule has 4 nitrogen and oxygen atoms in total. The molecule has 1 heterocycles. The van der Waals surface area contributed by atoms with Crippen LogP contribution in [0.3, 0.4) is 0 Å². The molecule has 3 rings (SSSR count). The molecule has 4 heteroatoms. The molecular formula is C25H28N2O2. The van der Waals surface area contributed by atoms with Gasteiger partial charge < -0.3 is 10.1 Å². The van der Waals surface area contributed by atoms with Crippen LogP contribution in [0.4, 0.5) is 5.69 Å². The van der Waals surface area contributed by atoms with E-state index < -0.39 is 0 Å². The fourth-order valence-corrected chi connectivity index (χ4v) is 3.14. The minimum atomic E-state index is -0.170. The van der Waals surface area contributed by atoms with Crippen molar-refractivity contribution in [3.05, 3.63) is 83.2 Å². The lowest BCUT2D eigenvalue weighted by Gasteiger charge is -2.11.